The Kier molecular flexibility index (Phi) is 4.37. The first-order valence-corrected chi connectivity index (χ1v) is 8.47. The number of sulfonamides is 1. The van der Waals surface area contributed by atoms with Gasteiger partial charge in [-0.2, -0.15) is 0 Å². The van der Waals surface area contributed by atoms with Gasteiger partial charge in [-0.05, 0) is 36.4 Å². The van der Waals surface area contributed by atoms with Crippen molar-refractivity contribution in [1.29, 1.82) is 0 Å². The lowest BCUT2D eigenvalue weighted by molar-refractivity contribution is 0.580. The first-order valence-electron chi connectivity index (χ1n) is 6.61. The molecule has 9 heteroatoms. The fourth-order valence-electron chi connectivity index (χ4n) is 1.86. The first-order chi connectivity index (χ1) is 11.0. The molecule has 0 bridgehead atoms. The number of rotatable bonds is 5. The molecule has 0 spiro atoms. The topological polar surface area (TPSA) is 89.8 Å². The smallest absolute Gasteiger partial charge is 0.240 e. The molecule has 1 N–H and O–H groups in total. The maximum atomic E-state index is 12.2. The zero-order chi connectivity index (χ0) is 16.3. The van der Waals surface area contributed by atoms with Crippen molar-refractivity contribution in [2.45, 2.75) is 11.4 Å². The number of hydrogen-bond donors (Lipinski definition) is 1. The molecule has 3 rings (SSSR count). The largest absolute Gasteiger partial charge is 0.262 e. The Balaban J connectivity index is 1.71. The van der Waals surface area contributed by atoms with Crippen LogP contribution in [0.5, 0.6) is 0 Å². The molecule has 2 aromatic heterocycles. The third kappa shape index (κ3) is 3.73. The number of halogens is 1. The summed E-state index contributed by atoms with van der Waals surface area (Å²) in [6.45, 7) is 0.0330. The van der Waals surface area contributed by atoms with Crippen molar-refractivity contribution in [3.05, 3.63) is 65.7 Å². The van der Waals surface area contributed by atoms with E-state index in [2.05, 4.69) is 20.0 Å². The van der Waals surface area contributed by atoms with Crippen molar-refractivity contribution in [2.75, 3.05) is 0 Å². The Morgan fingerprint density at radius 1 is 1.17 bits per heavy atom. The standard InChI is InChI=1S/C14H12ClN5O2S/c15-11-3-5-14(6-4-11)23(21,22)17-8-12-10-20(19-18-12)13-2-1-7-16-9-13/h1-7,9-10,17H,8H2. The summed E-state index contributed by atoms with van der Waals surface area (Å²) < 4.78 is 28.3. The molecule has 0 unspecified atom stereocenters. The highest BCUT2D eigenvalue weighted by Crippen LogP contribution is 2.14. The van der Waals surface area contributed by atoms with Crippen LogP contribution >= 0.6 is 11.6 Å². The van der Waals surface area contributed by atoms with Gasteiger partial charge in [0.15, 0.2) is 0 Å². The average molecular weight is 350 g/mol. The summed E-state index contributed by atoms with van der Waals surface area (Å²) in [5.41, 5.74) is 1.23. The summed E-state index contributed by atoms with van der Waals surface area (Å²) in [7, 11) is -3.63. The Morgan fingerprint density at radius 3 is 2.65 bits per heavy atom. The van der Waals surface area contributed by atoms with Crippen LogP contribution in [0, 0.1) is 0 Å². The molecule has 0 atom stereocenters. The Morgan fingerprint density at radius 2 is 1.96 bits per heavy atom. The fourth-order valence-corrected chi connectivity index (χ4v) is 2.99. The van der Waals surface area contributed by atoms with Gasteiger partial charge in [-0.15, -0.1) is 5.10 Å². The molecule has 0 aliphatic rings. The van der Waals surface area contributed by atoms with Crippen molar-refractivity contribution in [3.8, 4) is 5.69 Å². The van der Waals surface area contributed by atoms with Gasteiger partial charge < -0.3 is 0 Å². The molecule has 7 nitrogen and oxygen atoms in total. The van der Waals surface area contributed by atoms with Crippen molar-refractivity contribution < 1.29 is 8.42 Å². The zero-order valence-electron chi connectivity index (χ0n) is 11.8. The number of hydrogen-bond acceptors (Lipinski definition) is 5. The highest BCUT2D eigenvalue weighted by Gasteiger charge is 2.14. The first kappa shape index (κ1) is 15.6. The molecule has 118 valence electrons. The van der Waals surface area contributed by atoms with Crippen LogP contribution in [0.1, 0.15) is 5.69 Å². The number of benzene rings is 1. The van der Waals surface area contributed by atoms with E-state index in [9.17, 15) is 8.42 Å². The predicted octanol–water partition coefficient (Wildman–Crippen LogP) is 1.79. The van der Waals surface area contributed by atoms with E-state index >= 15 is 0 Å². The third-order valence-electron chi connectivity index (χ3n) is 3.02. The van der Waals surface area contributed by atoms with E-state index in [1.165, 1.54) is 28.9 Å². The highest BCUT2D eigenvalue weighted by atomic mass is 35.5. The van der Waals surface area contributed by atoms with Crippen molar-refractivity contribution in [2.24, 2.45) is 0 Å². The fraction of sp³-hybridized carbons (Fsp3) is 0.0714. The summed E-state index contributed by atoms with van der Waals surface area (Å²) in [4.78, 5) is 4.13. The van der Waals surface area contributed by atoms with Gasteiger partial charge in [-0.25, -0.2) is 17.8 Å². The molecular weight excluding hydrogens is 338 g/mol. The molecule has 2 heterocycles. The molecule has 0 aliphatic heterocycles. The van der Waals surface area contributed by atoms with E-state index in [-0.39, 0.29) is 11.4 Å². The van der Waals surface area contributed by atoms with Crippen molar-refractivity contribution in [3.63, 3.8) is 0 Å². The molecule has 23 heavy (non-hydrogen) atoms. The molecular formula is C14H12ClN5O2S. The maximum Gasteiger partial charge on any atom is 0.240 e. The SMILES string of the molecule is O=S(=O)(NCc1cn(-c2cccnc2)nn1)c1ccc(Cl)cc1. The summed E-state index contributed by atoms with van der Waals surface area (Å²) in [5, 5.41) is 8.36. The van der Waals surface area contributed by atoms with Gasteiger partial charge in [0.25, 0.3) is 0 Å². The van der Waals surface area contributed by atoms with Crippen LogP contribution in [0.25, 0.3) is 5.69 Å². The van der Waals surface area contributed by atoms with Crippen LogP contribution in [-0.2, 0) is 16.6 Å². The number of nitrogens with zero attached hydrogens (tertiary/aromatic N) is 4. The lowest BCUT2D eigenvalue weighted by Gasteiger charge is -2.04. The van der Waals surface area contributed by atoms with Gasteiger partial charge in [-0.1, -0.05) is 16.8 Å². The average Bonchev–Trinajstić information content (AvgIpc) is 3.03. The normalized spacial score (nSPS) is 11.5. The summed E-state index contributed by atoms with van der Waals surface area (Å²) in [6.07, 6.45) is 4.93. The minimum atomic E-state index is -3.63. The van der Waals surface area contributed by atoms with Crippen LogP contribution < -0.4 is 4.72 Å². The Bertz CT molecular complexity index is 894. The lowest BCUT2D eigenvalue weighted by Crippen LogP contribution is -2.23. The van der Waals surface area contributed by atoms with E-state index in [0.29, 0.717) is 10.7 Å². The quantitative estimate of drug-likeness (QED) is 0.758. The molecule has 3 aromatic rings. The molecule has 0 saturated heterocycles. The minimum absolute atomic E-state index is 0.0330. The van der Waals surface area contributed by atoms with Crippen LogP contribution in [0.4, 0.5) is 0 Å². The Labute approximate surface area is 138 Å². The van der Waals surface area contributed by atoms with E-state index in [1.54, 1.807) is 24.7 Å². The second kappa shape index (κ2) is 6.45. The monoisotopic (exact) mass is 349 g/mol. The van der Waals surface area contributed by atoms with Crippen molar-refractivity contribution >= 4 is 21.6 Å². The van der Waals surface area contributed by atoms with Gasteiger partial charge >= 0.3 is 0 Å². The minimum Gasteiger partial charge on any atom is -0.262 e. The van der Waals surface area contributed by atoms with Crippen LogP contribution in [0.3, 0.4) is 0 Å². The number of pyridine rings is 1. The molecule has 0 amide bonds. The van der Waals surface area contributed by atoms with Gasteiger partial charge in [0.2, 0.25) is 10.0 Å². The van der Waals surface area contributed by atoms with E-state index in [0.717, 1.165) is 5.69 Å². The molecule has 0 radical (unpaired) electrons. The predicted molar refractivity (Wildman–Crippen MR) is 84.6 cm³/mol. The van der Waals surface area contributed by atoms with Gasteiger partial charge in [0.05, 0.1) is 35.2 Å². The van der Waals surface area contributed by atoms with Crippen LogP contribution in [-0.4, -0.2) is 28.4 Å². The third-order valence-corrected chi connectivity index (χ3v) is 4.69. The van der Waals surface area contributed by atoms with Gasteiger partial charge in [0, 0.05) is 11.2 Å². The van der Waals surface area contributed by atoms with E-state index in [1.807, 2.05) is 6.07 Å². The second-order valence-corrected chi connectivity index (χ2v) is 6.85. The summed E-state index contributed by atoms with van der Waals surface area (Å²) in [6, 6.07) is 9.53. The molecule has 1 aromatic carbocycles. The highest BCUT2D eigenvalue weighted by molar-refractivity contribution is 7.89. The van der Waals surface area contributed by atoms with Crippen LogP contribution in [0.2, 0.25) is 5.02 Å². The molecule has 0 saturated carbocycles. The number of aromatic nitrogens is 4. The molecule has 0 fully saturated rings. The lowest BCUT2D eigenvalue weighted by atomic mass is 10.4. The van der Waals surface area contributed by atoms with Gasteiger partial charge in [-0.3, -0.25) is 4.98 Å². The summed E-state index contributed by atoms with van der Waals surface area (Å²) >= 11 is 5.75. The van der Waals surface area contributed by atoms with Crippen LogP contribution in [0.15, 0.2) is 59.9 Å². The van der Waals surface area contributed by atoms with Gasteiger partial charge in [0.1, 0.15) is 0 Å². The summed E-state index contributed by atoms with van der Waals surface area (Å²) in [5.74, 6) is 0. The van der Waals surface area contributed by atoms with E-state index in [4.69, 9.17) is 11.6 Å². The molecule has 0 aliphatic carbocycles. The Hall–Kier alpha value is -2.29. The second-order valence-electron chi connectivity index (χ2n) is 4.64. The zero-order valence-corrected chi connectivity index (χ0v) is 13.4. The van der Waals surface area contributed by atoms with Crippen molar-refractivity contribution in [1.82, 2.24) is 24.7 Å². The number of nitrogens with one attached hydrogen (secondary N) is 1. The van der Waals surface area contributed by atoms with E-state index < -0.39 is 10.0 Å². The maximum absolute atomic E-state index is 12.2.